The van der Waals surface area contributed by atoms with Crippen LogP contribution in [-0.4, -0.2) is 35.9 Å². The Hall–Kier alpha value is -0.290. The van der Waals surface area contributed by atoms with Gasteiger partial charge in [-0.15, -0.1) is 12.6 Å². The molecule has 0 radical (unpaired) electrons. The van der Waals surface area contributed by atoms with Gasteiger partial charge in [0.05, 0.1) is 7.11 Å². The van der Waals surface area contributed by atoms with Gasteiger partial charge in [-0.3, -0.25) is 4.79 Å². The number of carbonyl (C=O) groups is 1. The molecule has 3 nitrogen and oxygen atoms in total. The minimum absolute atomic E-state index is 0.152. The van der Waals surface area contributed by atoms with Crippen molar-refractivity contribution in [3.63, 3.8) is 0 Å². The molecule has 0 unspecified atom stereocenters. The molecule has 0 rings (SSSR count). The molecule has 5 heteroatoms. The zero-order valence-electron chi connectivity index (χ0n) is 5.83. The second kappa shape index (κ2) is 4.51. The van der Waals surface area contributed by atoms with E-state index in [1.807, 2.05) is 0 Å². The first-order chi connectivity index (χ1) is 4.57. The molecule has 0 atom stereocenters. The maximum absolute atomic E-state index is 10.6. The van der Waals surface area contributed by atoms with E-state index in [-0.39, 0.29) is 12.5 Å². The van der Waals surface area contributed by atoms with Crippen molar-refractivity contribution >= 4 is 35.1 Å². The number of nitrogens with zero attached hydrogens (tertiary/aromatic N) is 1. The Bertz CT molecular complexity index is 149. The Balaban J connectivity index is 3.68. The zero-order valence-corrected chi connectivity index (χ0v) is 7.54. The van der Waals surface area contributed by atoms with E-state index in [0.717, 1.165) is 0 Å². The van der Waals surface area contributed by atoms with Gasteiger partial charge < -0.3 is 9.64 Å². The van der Waals surface area contributed by atoms with Crippen LogP contribution in [0.2, 0.25) is 0 Å². The number of ether oxygens (including phenoxy) is 1. The van der Waals surface area contributed by atoms with E-state index >= 15 is 0 Å². The molecular formula is C5H9NO2S2. The van der Waals surface area contributed by atoms with Crippen LogP contribution in [-0.2, 0) is 9.53 Å². The normalized spacial score (nSPS) is 8.70. The van der Waals surface area contributed by atoms with Gasteiger partial charge in [0.25, 0.3) is 0 Å². The van der Waals surface area contributed by atoms with Gasteiger partial charge in [-0.05, 0) is 0 Å². The van der Waals surface area contributed by atoms with Crippen LogP contribution in [0.25, 0.3) is 0 Å². The predicted molar refractivity (Wildman–Crippen MR) is 46.2 cm³/mol. The van der Waals surface area contributed by atoms with Crippen molar-refractivity contribution in [2.24, 2.45) is 0 Å². The summed E-state index contributed by atoms with van der Waals surface area (Å²) in [5.74, 6) is -0.320. The van der Waals surface area contributed by atoms with E-state index in [2.05, 4.69) is 29.6 Å². The van der Waals surface area contributed by atoms with Crippen LogP contribution in [0.15, 0.2) is 0 Å². The number of rotatable bonds is 2. The largest absolute Gasteiger partial charge is 0.468 e. The Labute approximate surface area is 70.7 Å². The maximum Gasteiger partial charge on any atom is 0.325 e. The fourth-order valence-electron chi connectivity index (χ4n) is 0.326. The fraction of sp³-hybridized carbons (Fsp3) is 0.600. The van der Waals surface area contributed by atoms with Gasteiger partial charge in [-0.1, -0.05) is 12.2 Å². The number of esters is 1. The molecule has 0 aliphatic rings. The standard InChI is InChI=1S/C5H9NO2S2/c1-6(5(9)10)3-4(7)8-2/h3H2,1-2H3,(H,9,10). The Morgan fingerprint density at radius 3 is 2.60 bits per heavy atom. The van der Waals surface area contributed by atoms with Crippen LogP contribution >= 0.6 is 24.8 Å². The van der Waals surface area contributed by atoms with Crippen molar-refractivity contribution < 1.29 is 9.53 Å². The molecule has 0 aromatic carbocycles. The Morgan fingerprint density at radius 1 is 1.80 bits per heavy atom. The van der Waals surface area contributed by atoms with E-state index in [0.29, 0.717) is 4.32 Å². The Morgan fingerprint density at radius 2 is 2.30 bits per heavy atom. The Kier molecular flexibility index (Phi) is 4.38. The summed E-state index contributed by atoms with van der Waals surface area (Å²) in [6.45, 7) is 0.152. The summed E-state index contributed by atoms with van der Waals surface area (Å²) in [5.41, 5.74) is 0. The summed E-state index contributed by atoms with van der Waals surface area (Å²) in [4.78, 5) is 12.1. The number of likely N-dealkylation sites (N-methyl/N-ethyl adjacent to an activating group) is 1. The first-order valence-corrected chi connectivity index (χ1v) is 3.44. The number of carbonyl (C=O) groups excluding carboxylic acids is 1. The molecule has 0 aliphatic heterocycles. The second-order valence-electron chi connectivity index (χ2n) is 1.71. The summed E-state index contributed by atoms with van der Waals surface area (Å²) in [7, 11) is 3.00. The number of methoxy groups -OCH3 is 1. The monoisotopic (exact) mass is 179 g/mol. The summed E-state index contributed by atoms with van der Waals surface area (Å²) in [5, 5.41) is 0. The van der Waals surface area contributed by atoms with Crippen LogP contribution in [0.3, 0.4) is 0 Å². The van der Waals surface area contributed by atoms with Gasteiger partial charge in [-0.25, -0.2) is 0 Å². The number of hydrogen-bond donors (Lipinski definition) is 1. The van der Waals surface area contributed by atoms with Crippen molar-refractivity contribution in [1.82, 2.24) is 4.90 Å². The van der Waals surface area contributed by atoms with Crippen molar-refractivity contribution in [3.8, 4) is 0 Å². The highest BCUT2D eigenvalue weighted by molar-refractivity contribution is 8.10. The van der Waals surface area contributed by atoms with Crippen LogP contribution in [0.5, 0.6) is 0 Å². The van der Waals surface area contributed by atoms with Gasteiger partial charge in [0, 0.05) is 7.05 Å². The third kappa shape index (κ3) is 3.68. The van der Waals surface area contributed by atoms with Crippen LogP contribution in [0, 0.1) is 0 Å². The molecule has 0 heterocycles. The number of thiol groups is 1. The quantitative estimate of drug-likeness (QED) is 0.375. The topological polar surface area (TPSA) is 29.5 Å². The third-order valence-corrected chi connectivity index (χ3v) is 1.57. The molecule has 0 aromatic heterocycles. The molecule has 0 spiro atoms. The smallest absolute Gasteiger partial charge is 0.325 e. The first-order valence-electron chi connectivity index (χ1n) is 2.58. The lowest BCUT2D eigenvalue weighted by molar-refractivity contribution is -0.140. The van der Waals surface area contributed by atoms with Crippen LogP contribution in [0.4, 0.5) is 0 Å². The predicted octanol–water partition coefficient (Wildman–Crippen LogP) is 0.306. The highest BCUT2D eigenvalue weighted by atomic mass is 32.1. The molecule has 0 saturated heterocycles. The average molecular weight is 179 g/mol. The molecular weight excluding hydrogens is 170 g/mol. The van der Waals surface area contributed by atoms with Crippen molar-refractivity contribution in [2.75, 3.05) is 20.7 Å². The third-order valence-electron chi connectivity index (χ3n) is 0.920. The van der Waals surface area contributed by atoms with Gasteiger partial charge in [0.2, 0.25) is 0 Å². The summed E-state index contributed by atoms with van der Waals surface area (Å²) >= 11 is 8.52. The van der Waals surface area contributed by atoms with Crippen molar-refractivity contribution in [3.05, 3.63) is 0 Å². The fourth-order valence-corrected chi connectivity index (χ4v) is 0.461. The van der Waals surface area contributed by atoms with Crippen LogP contribution < -0.4 is 0 Å². The molecule has 0 N–H and O–H groups in total. The molecule has 0 aromatic rings. The van der Waals surface area contributed by atoms with Gasteiger partial charge in [0.1, 0.15) is 10.9 Å². The average Bonchev–Trinajstić information content (AvgIpc) is 1.87. The molecule has 0 amide bonds. The van der Waals surface area contributed by atoms with Gasteiger partial charge in [-0.2, -0.15) is 0 Å². The van der Waals surface area contributed by atoms with Crippen molar-refractivity contribution in [1.29, 1.82) is 0 Å². The molecule has 10 heavy (non-hydrogen) atoms. The summed E-state index contributed by atoms with van der Waals surface area (Å²) in [6, 6.07) is 0. The lowest BCUT2D eigenvalue weighted by atomic mass is 10.6. The first kappa shape index (κ1) is 9.71. The highest BCUT2D eigenvalue weighted by Gasteiger charge is 2.05. The van der Waals surface area contributed by atoms with E-state index in [1.165, 1.54) is 12.0 Å². The molecule has 58 valence electrons. The van der Waals surface area contributed by atoms with Gasteiger partial charge in [0.15, 0.2) is 0 Å². The highest BCUT2D eigenvalue weighted by Crippen LogP contribution is 1.91. The van der Waals surface area contributed by atoms with Crippen LogP contribution in [0.1, 0.15) is 0 Å². The van der Waals surface area contributed by atoms with E-state index in [1.54, 1.807) is 7.05 Å². The lowest BCUT2D eigenvalue weighted by Crippen LogP contribution is -2.28. The van der Waals surface area contributed by atoms with E-state index < -0.39 is 0 Å². The molecule has 0 fully saturated rings. The SMILES string of the molecule is COC(=O)CN(C)C(=S)S. The molecule has 0 aliphatic carbocycles. The van der Waals surface area contributed by atoms with E-state index in [4.69, 9.17) is 0 Å². The van der Waals surface area contributed by atoms with Crippen molar-refractivity contribution in [2.45, 2.75) is 0 Å². The van der Waals surface area contributed by atoms with Gasteiger partial charge >= 0.3 is 5.97 Å². The summed E-state index contributed by atoms with van der Waals surface area (Å²) in [6.07, 6.45) is 0. The maximum atomic E-state index is 10.6. The number of thiocarbonyl (C=S) groups is 1. The molecule has 0 bridgehead atoms. The lowest BCUT2D eigenvalue weighted by Gasteiger charge is -2.13. The zero-order chi connectivity index (χ0) is 8.15. The minimum atomic E-state index is -0.320. The summed E-state index contributed by atoms with van der Waals surface area (Å²) < 4.78 is 4.78. The van der Waals surface area contributed by atoms with E-state index in [9.17, 15) is 4.79 Å². The second-order valence-corrected chi connectivity index (χ2v) is 2.83. The minimum Gasteiger partial charge on any atom is -0.468 e. The number of hydrogen-bond acceptors (Lipinski definition) is 3. The molecule has 0 saturated carbocycles.